The van der Waals surface area contributed by atoms with Crippen molar-refractivity contribution >= 4 is 16.8 Å². The Morgan fingerprint density at radius 3 is 2.56 bits per heavy atom. The molecule has 3 rings (SSSR count). The van der Waals surface area contributed by atoms with Crippen molar-refractivity contribution in [3.8, 4) is 0 Å². The van der Waals surface area contributed by atoms with Crippen molar-refractivity contribution in [3.63, 3.8) is 0 Å². The van der Waals surface area contributed by atoms with Crippen molar-refractivity contribution in [3.05, 3.63) is 76.8 Å². The molecule has 3 aromatic rings. The van der Waals surface area contributed by atoms with Gasteiger partial charge in [0.15, 0.2) is 0 Å². The number of rotatable bonds is 6. The Hall–Kier alpha value is -2.99. The fourth-order valence-corrected chi connectivity index (χ4v) is 2.79. The minimum Gasteiger partial charge on any atom is -0.368 e. The summed E-state index contributed by atoms with van der Waals surface area (Å²) in [7, 11) is 0. The van der Waals surface area contributed by atoms with E-state index in [2.05, 4.69) is 10.3 Å². The molecule has 1 amide bonds. The van der Waals surface area contributed by atoms with Crippen molar-refractivity contribution in [1.29, 1.82) is 0 Å². The summed E-state index contributed by atoms with van der Waals surface area (Å²) in [6, 6.07) is 16.5. The second-order valence-corrected chi connectivity index (χ2v) is 6.04. The first-order chi connectivity index (χ1) is 12.0. The maximum Gasteiger partial charge on any atom is 0.261 e. The van der Waals surface area contributed by atoms with Gasteiger partial charge in [-0.05, 0) is 24.6 Å². The Morgan fingerprint density at radius 1 is 1.16 bits per heavy atom. The lowest BCUT2D eigenvalue weighted by Gasteiger charge is -2.28. The van der Waals surface area contributed by atoms with Gasteiger partial charge >= 0.3 is 0 Å². The molecule has 0 aliphatic rings. The molecule has 0 aliphatic heterocycles. The summed E-state index contributed by atoms with van der Waals surface area (Å²) in [6.07, 6.45) is 1.52. The number of nitrogens with one attached hydrogen (secondary N) is 1. The van der Waals surface area contributed by atoms with E-state index in [0.29, 0.717) is 24.0 Å². The molecule has 0 bridgehead atoms. The van der Waals surface area contributed by atoms with Gasteiger partial charge < -0.3 is 5.73 Å². The summed E-state index contributed by atoms with van der Waals surface area (Å²) in [4.78, 5) is 28.8. The minimum absolute atomic E-state index is 0.104. The molecule has 1 unspecified atom stereocenters. The fourth-order valence-electron chi connectivity index (χ4n) is 2.79. The zero-order chi connectivity index (χ0) is 17.9. The van der Waals surface area contributed by atoms with Crippen LogP contribution in [-0.4, -0.2) is 22.0 Å². The smallest absolute Gasteiger partial charge is 0.261 e. The molecule has 128 valence electrons. The first-order valence-electron chi connectivity index (χ1n) is 8.07. The van der Waals surface area contributed by atoms with E-state index in [9.17, 15) is 9.59 Å². The first-order valence-corrected chi connectivity index (χ1v) is 8.07. The zero-order valence-corrected chi connectivity index (χ0v) is 14.0. The van der Waals surface area contributed by atoms with Crippen LogP contribution in [0.15, 0.2) is 65.7 Å². The van der Waals surface area contributed by atoms with E-state index in [0.717, 1.165) is 5.56 Å². The predicted octanol–water partition coefficient (Wildman–Crippen LogP) is 1.39. The number of primary amides is 1. The molecule has 25 heavy (non-hydrogen) atoms. The molecule has 0 saturated heterocycles. The van der Waals surface area contributed by atoms with E-state index < -0.39 is 11.4 Å². The lowest BCUT2D eigenvalue weighted by Crippen LogP contribution is -2.51. The number of fused-ring (bicyclic) bond motifs is 1. The number of carbonyl (C=O) groups is 1. The topological polar surface area (TPSA) is 90.0 Å². The fraction of sp³-hybridized carbons (Fsp3) is 0.211. The van der Waals surface area contributed by atoms with E-state index in [-0.39, 0.29) is 5.56 Å². The third kappa shape index (κ3) is 3.29. The summed E-state index contributed by atoms with van der Waals surface area (Å²) in [5.41, 5.74) is 5.95. The summed E-state index contributed by atoms with van der Waals surface area (Å²) in [5, 5.41) is 3.75. The van der Waals surface area contributed by atoms with Crippen LogP contribution in [0.3, 0.4) is 0 Å². The number of aromatic nitrogens is 2. The molecule has 6 heteroatoms. The highest BCUT2D eigenvalue weighted by Crippen LogP contribution is 2.19. The lowest BCUT2D eigenvalue weighted by molar-refractivity contribution is -0.124. The van der Waals surface area contributed by atoms with Crippen molar-refractivity contribution in [2.45, 2.75) is 19.0 Å². The van der Waals surface area contributed by atoms with Crippen LogP contribution < -0.4 is 16.6 Å². The van der Waals surface area contributed by atoms with Crippen molar-refractivity contribution in [2.75, 3.05) is 6.54 Å². The largest absolute Gasteiger partial charge is 0.368 e. The van der Waals surface area contributed by atoms with Crippen LogP contribution in [0.5, 0.6) is 0 Å². The van der Waals surface area contributed by atoms with Gasteiger partial charge in [-0.3, -0.25) is 19.5 Å². The number of nitrogens with zero attached hydrogens (tertiary/aromatic N) is 2. The predicted molar refractivity (Wildman–Crippen MR) is 97.0 cm³/mol. The average Bonchev–Trinajstić information content (AvgIpc) is 2.64. The van der Waals surface area contributed by atoms with Crippen molar-refractivity contribution in [2.24, 2.45) is 5.73 Å². The number of hydrogen-bond donors (Lipinski definition) is 2. The van der Waals surface area contributed by atoms with Gasteiger partial charge in [-0.1, -0.05) is 42.5 Å². The standard InChI is InChI=1S/C19H20N4O2/c1-19(18(20)25,14-7-3-2-4-8-14)22-11-12-23-13-21-16-10-6-5-9-15(16)17(23)24/h2-10,13,22H,11-12H2,1H3,(H2,20,25). The summed E-state index contributed by atoms with van der Waals surface area (Å²) in [6.45, 7) is 2.52. The van der Waals surface area contributed by atoms with E-state index in [1.807, 2.05) is 42.5 Å². The number of amides is 1. The molecule has 1 heterocycles. The molecular weight excluding hydrogens is 316 g/mol. The Morgan fingerprint density at radius 2 is 1.84 bits per heavy atom. The summed E-state index contributed by atoms with van der Waals surface area (Å²) < 4.78 is 1.53. The third-order valence-corrected chi connectivity index (χ3v) is 4.41. The highest BCUT2D eigenvalue weighted by atomic mass is 16.1. The third-order valence-electron chi connectivity index (χ3n) is 4.41. The molecule has 6 nitrogen and oxygen atoms in total. The number of para-hydroxylation sites is 1. The Balaban J connectivity index is 1.79. The van der Waals surface area contributed by atoms with Gasteiger partial charge in [0.25, 0.3) is 5.56 Å². The maximum atomic E-state index is 12.5. The Kier molecular flexibility index (Phi) is 4.63. The molecule has 1 aromatic heterocycles. The molecule has 0 aliphatic carbocycles. The second kappa shape index (κ2) is 6.86. The van der Waals surface area contributed by atoms with Crippen LogP contribution in [0.2, 0.25) is 0 Å². The minimum atomic E-state index is -1.00. The first kappa shape index (κ1) is 16.9. The molecule has 0 saturated carbocycles. The van der Waals surface area contributed by atoms with Gasteiger partial charge in [0, 0.05) is 13.1 Å². The maximum absolute atomic E-state index is 12.5. The van der Waals surface area contributed by atoms with Gasteiger partial charge in [0.2, 0.25) is 5.91 Å². The second-order valence-electron chi connectivity index (χ2n) is 6.04. The van der Waals surface area contributed by atoms with Crippen LogP contribution in [0.4, 0.5) is 0 Å². The van der Waals surface area contributed by atoms with E-state index in [4.69, 9.17) is 5.73 Å². The van der Waals surface area contributed by atoms with Crippen LogP contribution in [0, 0.1) is 0 Å². The van der Waals surface area contributed by atoms with Gasteiger partial charge in [0.05, 0.1) is 17.2 Å². The van der Waals surface area contributed by atoms with E-state index in [1.165, 1.54) is 10.9 Å². The van der Waals surface area contributed by atoms with Gasteiger partial charge in [-0.15, -0.1) is 0 Å². The van der Waals surface area contributed by atoms with Crippen LogP contribution >= 0.6 is 0 Å². The van der Waals surface area contributed by atoms with Gasteiger partial charge in [-0.25, -0.2) is 4.98 Å². The summed E-state index contributed by atoms with van der Waals surface area (Å²) >= 11 is 0. The summed E-state index contributed by atoms with van der Waals surface area (Å²) in [5.74, 6) is -0.470. The number of hydrogen-bond acceptors (Lipinski definition) is 4. The van der Waals surface area contributed by atoms with Crippen LogP contribution in [0.25, 0.3) is 10.9 Å². The lowest BCUT2D eigenvalue weighted by atomic mass is 9.91. The number of nitrogens with two attached hydrogens (primary N) is 1. The highest BCUT2D eigenvalue weighted by Gasteiger charge is 2.32. The molecule has 0 fully saturated rings. The van der Waals surface area contributed by atoms with Crippen molar-refractivity contribution in [1.82, 2.24) is 14.9 Å². The van der Waals surface area contributed by atoms with Crippen molar-refractivity contribution < 1.29 is 4.79 Å². The molecule has 3 N–H and O–H groups in total. The zero-order valence-electron chi connectivity index (χ0n) is 14.0. The molecule has 0 radical (unpaired) electrons. The van der Waals surface area contributed by atoms with Crippen LogP contribution in [0.1, 0.15) is 12.5 Å². The molecule has 1 atom stereocenters. The van der Waals surface area contributed by atoms with Crippen LogP contribution in [-0.2, 0) is 16.9 Å². The van der Waals surface area contributed by atoms with Gasteiger partial charge in [-0.2, -0.15) is 0 Å². The number of benzene rings is 2. The molecule has 0 spiro atoms. The SMILES string of the molecule is CC(NCCn1cnc2ccccc2c1=O)(C(N)=O)c1ccccc1. The quantitative estimate of drug-likeness (QED) is 0.712. The Bertz CT molecular complexity index is 952. The monoisotopic (exact) mass is 336 g/mol. The average molecular weight is 336 g/mol. The van der Waals surface area contributed by atoms with Gasteiger partial charge in [0.1, 0.15) is 5.54 Å². The Labute approximate surface area is 145 Å². The highest BCUT2D eigenvalue weighted by molar-refractivity contribution is 5.85. The number of carbonyl (C=O) groups excluding carboxylic acids is 1. The molecule has 2 aromatic carbocycles. The van der Waals surface area contributed by atoms with E-state index in [1.54, 1.807) is 19.1 Å². The normalized spacial score (nSPS) is 13.5. The molecular formula is C19H20N4O2. The van der Waals surface area contributed by atoms with E-state index >= 15 is 0 Å².